The van der Waals surface area contributed by atoms with E-state index >= 15 is 0 Å². The van der Waals surface area contributed by atoms with E-state index in [2.05, 4.69) is 12.2 Å². The van der Waals surface area contributed by atoms with Crippen LogP contribution in [0, 0.1) is 0 Å². The van der Waals surface area contributed by atoms with Gasteiger partial charge in [-0.1, -0.05) is 90.4 Å². The fraction of sp³-hybridized carbons (Fsp3) is 1.00. The lowest BCUT2D eigenvalue weighted by molar-refractivity contribution is 0.199. The van der Waals surface area contributed by atoms with Crippen LogP contribution in [0.1, 0.15) is 96.8 Å². The number of hydrogen-bond acceptors (Lipinski definition) is 2. The minimum absolute atomic E-state index is 0.832. The summed E-state index contributed by atoms with van der Waals surface area (Å²) in [7, 11) is 1.76. The lowest BCUT2D eigenvalue weighted by atomic mass is 10.0. The van der Waals surface area contributed by atoms with Gasteiger partial charge in [-0.05, 0) is 13.0 Å². The molecular weight excluding hydrogens is 258 g/mol. The number of hydrogen-bond donors (Lipinski definition) is 1. The molecule has 0 bridgehead atoms. The molecule has 1 N–H and O–H groups in total. The molecule has 0 heterocycles. The molecule has 0 aliphatic heterocycles. The summed E-state index contributed by atoms with van der Waals surface area (Å²) in [5, 5.41) is 3.40. The smallest absolute Gasteiger partial charge is 0.0587 e. The van der Waals surface area contributed by atoms with Gasteiger partial charge in [0, 0.05) is 13.7 Å². The highest BCUT2D eigenvalue weighted by molar-refractivity contribution is 4.51. The molecule has 0 fully saturated rings. The van der Waals surface area contributed by atoms with E-state index in [4.69, 9.17) is 4.74 Å². The molecule has 2 nitrogen and oxygen atoms in total. The van der Waals surface area contributed by atoms with Crippen LogP contribution in [0.25, 0.3) is 0 Å². The molecule has 0 saturated carbocycles. The van der Waals surface area contributed by atoms with Crippen molar-refractivity contribution >= 4 is 0 Å². The summed E-state index contributed by atoms with van der Waals surface area (Å²) in [6.45, 7) is 5.27. The van der Waals surface area contributed by atoms with Crippen LogP contribution in [-0.2, 0) is 4.74 Å². The molecule has 0 aliphatic carbocycles. The van der Waals surface area contributed by atoms with E-state index in [1.54, 1.807) is 7.11 Å². The highest BCUT2D eigenvalue weighted by Crippen LogP contribution is 2.12. The number of unbranched alkanes of at least 4 members (excludes halogenated alkanes) is 13. The molecule has 0 aromatic carbocycles. The van der Waals surface area contributed by atoms with Crippen molar-refractivity contribution in [1.29, 1.82) is 0 Å². The third-order valence-electron chi connectivity index (χ3n) is 4.19. The quantitative estimate of drug-likeness (QED) is 0.328. The summed E-state index contributed by atoms with van der Waals surface area (Å²) in [6.07, 6.45) is 20.1. The average Bonchev–Trinajstić information content (AvgIpc) is 2.50. The fourth-order valence-corrected chi connectivity index (χ4v) is 2.74. The van der Waals surface area contributed by atoms with Crippen LogP contribution < -0.4 is 5.32 Å². The minimum Gasteiger partial charge on any atom is -0.383 e. The third-order valence-corrected chi connectivity index (χ3v) is 4.19. The molecule has 0 unspecified atom stereocenters. The van der Waals surface area contributed by atoms with Crippen LogP contribution >= 0.6 is 0 Å². The first-order chi connectivity index (χ1) is 10.4. The minimum atomic E-state index is 0.832. The van der Waals surface area contributed by atoms with Crippen molar-refractivity contribution < 1.29 is 4.74 Å². The average molecular weight is 300 g/mol. The second kappa shape index (κ2) is 19.9. The maximum Gasteiger partial charge on any atom is 0.0587 e. The molecule has 0 radical (unpaired) electrons. The topological polar surface area (TPSA) is 21.3 Å². The van der Waals surface area contributed by atoms with E-state index in [0.29, 0.717) is 0 Å². The van der Waals surface area contributed by atoms with Crippen LogP contribution in [-0.4, -0.2) is 26.8 Å². The molecule has 0 aliphatic rings. The van der Waals surface area contributed by atoms with Crippen molar-refractivity contribution in [1.82, 2.24) is 5.32 Å². The molecule has 0 saturated heterocycles. The summed E-state index contributed by atoms with van der Waals surface area (Å²) < 4.78 is 5.00. The monoisotopic (exact) mass is 299 g/mol. The van der Waals surface area contributed by atoms with E-state index in [1.165, 1.54) is 89.9 Å². The zero-order chi connectivity index (χ0) is 15.4. The molecule has 0 rings (SSSR count). The van der Waals surface area contributed by atoms with Crippen LogP contribution in [0.5, 0.6) is 0 Å². The van der Waals surface area contributed by atoms with Gasteiger partial charge in [0.1, 0.15) is 0 Å². The zero-order valence-electron chi connectivity index (χ0n) is 14.9. The maximum absolute atomic E-state index is 5.00. The summed E-state index contributed by atoms with van der Waals surface area (Å²) in [5.41, 5.74) is 0. The maximum atomic E-state index is 5.00. The summed E-state index contributed by atoms with van der Waals surface area (Å²) in [5.74, 6) is 0. The van der Waals surface area contributed by atoms with Crippen molar-refractivity contribution in [3.05, 3.63) is 0 Å². The lowest BCUT2D eigenvalue weighted by Gasteiger charge is -2.04. The zero-order valence-corrected chi connectivity index (χ0v) is 14.9. The van der Waals surface area contributed by atoms with E-state index in [1.807, 2.05) is 0 Å². The summed E-state index contributed by atoms with van der Waals surface area (Å²) in [4.78, 5) is 0. The molecule has 0 aromatic heterocycles. The Bertz CT molecular complexity index is 155. The molecule has 21 heavy (non-hydrogen) atoms. The second-order valence-corrected chi connectivity index (χ2v) is 6.34. The Morgan fingerprint density at radius 2 is 1.00 bits per heavy atom. The van der Waals surface area contributed by atoms with Gasteiger partial charge in [-0.2, -0.15) is 0 Å². The number of methoxy groups -OCH3 is 1. The molecule has 0 spiro atoms. The molecule has 0 amide bonds. The number of nitrogens with one attached hydrogen (secondary N) is 1. The molecule has 0 aromatic rings. The van der Waals surface area contributed by atoms with Crippen molar-refractivity contribution in [2.24, 2.45) is 0 Å². The van der Waals surface area contributed by atoms with Gasteiger partial charge < -0.3 is 10.1 Å². The van der Waals surface area contributed by atoms with Gasteiger partial charge in [-0.3, -0.25) is 0 Å². The van der Waals surface area contributed by atoms with E-state index in [0.717, 1.165) is 19.7 Å². The largest absolute Gasteiger partial charge is 0.383 e. The first-order valence-electron chi connectivity index (χ1n) is 9.61. The van der Waals surface area contributed by atoms with Crippen LogP contribution in [0.15, 0.2) is 0 Å². The lowest BCUT2D eigenvalue weighted by Crippen LogP contribution is -2.20. The van der Waals surface area contributed by atoms with Crippen LogP contribution in [0.2, 0.25) is 0 Å². The number of rotatable bonds is 18. The molecule has 0 atom stereocenters. The van der Waals surface area contributed by atoms with E-state index in [-0.39, 0.29) is 0 Å². The van der Waals surface area contributed by atoms with Gasteiger partial charge >= 0.3 is 0 Å². The van der Waals surface area contributed by atoms with E-state index < -0.39 is 0 Å². The normalized spacial score (nSPS) is 11.1. The predicted octanol–water partition coefficient (Wildman–Crippen LogP) is 5.70. The van der Waals surface area contributed by atoms with Crippen molar-refractivity contribution in [2.45, 2.75) is 96.8 Å². The SMILES string of the molecule is CCCCCCCCCCCCCCCCNCCOC. The summed E-state index contributed by atoms with van der Waals surface area (Å²) in [6, 6.07) is 0. The second-order valence-electron chi connectivity index (χ2n) is 6.34. The van der Waals surface area contributed by atoms with Crippen molar-refractivity contribution in [3.63, 3.8) is 0 Å². The number of ether oxygens (including phenoxy) is 1. The van der Waals surface area contributed by atoms with Gasteiger partial charge in [-0.25, -0.2) is 0 Å². The molecular formula is C19H41NO. The first-order valence-corrected chi connectivity index (χ1v) is 9.61. The van der Waals surface area contributed by atoms with Gasteiger partial charge in [0.15, 0.2) is 0 Å². The van der Waals surface area contributed by atoms with Gasteiger partial charge in [0.05, 0.1) is 6.61 Å². The van der Waals surface area contributed by atoms with E-state index in [9.17, 15) is 0 Å². The highest BCUT2D eigenvalue weighted by Gasteiger charge is 1.94. The third kappa shape index (κ3) is 19.9. The first kappa shape index (κ1) is 20.9. The Kier molecular flexibility index (Phi) is 19.8. The summed E-state index contributed by atoms with van der Waals surface area (Å²) >= 11 is 0. The Morgan fingerprint density at radius 1 is 0.571 bits per heavy atom. The van der Waals surface area contributed by atoms with Crippen LogP contribution in [0.4, 0.5) is 0 Å². The predicted molar refractivity (Wildman–Crippen MR) is 95.1 cm³/mol. The van der Waals surface area contributed by atoms with Crippen molar-refractivity contribution in [2.75, 3.05) is 26.8 Å². The Hall–Kier alpha value is -0.0800. The molecule has 2 heteroatoms. The molecule has 128 valence electrons. The van der Waals surface area contributed by atoms with Gasteiger partial charge in [-0.15, -0.1) is 0 Å². The van der Waals surface area contributed by atoms with Crippen LogP contribution in [0.3, 0.4) is 0 Å². The van der Waals surface area contributed by atoms with Crippen molar-refractivity contribution in [3.8, 4) is 0 Å². The van der Waals surface area contributed by atoms with Gasteiger partial charge in [0.25, 0.3) is 0 Å². The standard InChI is InChI=1S/C19H41NO/c1-3-4-5-6-7-8-9-10-11-12-13-14-15-16-17-20-18-19-21-2/h20H,3-19H2,1-2H3. The van der Waals surface area contributed by atoms with Gasteiger partial charge in [0.2, 0.25) is 0 Å². The Morgan fingerprint density at radius 3 is 1.43 bits per heavy atom. The Labute approximate surface area is 134 Å². The fourth-order valence-electron chi connectivity index (χ4n) is 2.74. The highest BCUT2D eigenvalue weighted by atomic mass is 16.5. The Balaban J connectivity index is 2.90.